The number of hydrogen-bond donors (Lipinski definition) is 4. The predicted octanol–water partition coefficient (Wildman–Crippen LogP) is -1.61. The number of nitrogens with one attached hydrogen (secondary N) is 1. The summed E-state index contributed by atoms with van der Waals surface area (Å²) in [7, 11) is 0. The maximum Gasteiger partial charge on any atom is 0.280 e. The molecule has 1 aliphatic carbocycles. The summed E-state index contributed by atoms with van der Waals surface area (Å²) in [6.45, 7) is 0.453. The van der Waals surface area contributed by atoms with Crippen LogP contribution in [0.3, 0.4) is 0 Å². The molecule has 0 bridgehead atoms. The van der Waals surface area contributed by atoms with Crippen molar-refractivity contribution in [3.8, 4) is 0 Å². The highest BCUT2D eigenvalue weighted by atomic mass is 16.5. The lowest BCUT2D eigenvalue weighted by Crippen LogP contribution is -2.41. The topological polar surface area (TPSA) is 139 Å². The van der Waals surface area contributed by atoms with Crippen LogP contribution in [0.25, 0.3) is 11.2 Å². The van der Waals surface area contributed by atoms with Crippen molar-refractivity contribution in [3.05, 3.63) is 16.7 Å². The average Bonchev–Trinajstić information content (AvgIpc) is 3.05. The number of hydrogen-bond acceptors (Lipinski definition) is 7. The fourth-order valence-corrected chi connectivity index (χ4v) is 3.51. The second kappa shape index (κ2) is 4.03. The van der Waals surface area contributed by atoms with Crippen molar-refractivity contribution in [3.63, 3.8) is 0 Å². The summed E-state index contributed by atoms with van der Waals surface area (Å²) in [5.74, 6) is -0.363. The van der Waals surface area contributed by atoms with E-state index in [2.05, 4.69) is 15.0 Å². The fourth-order valence-electron chi connectivity index (χ4n) is 3.51. The normalized spacial score (nSPS) is 35.4. The van der Waals surface area contributed by atoms with Gasteiger partial charge in [0.2, 0.25) is 5.95 Å². The number of aromatic amines is 1. The lowest BCUT2D eigenvalue weighted by Gasteiger charge is -2.28. The Balaban J connectivity index is 1.89. The molecule has 2 aliphatic rings. The number of aliphatic hydroxyl groups is 2. The van der Waals surface area contributed by atoms with Gasteiger partial charge in [-0.25, -0.2) is 4.98 Å². The van der Waals surface area contributed by atoms with Gasteiger partial charge in [0.15, 0.2) is 11.2 Å². The molecule has 0 amide bonds. The standard InChI is InChI=1S/C12H15N5O4/c13-11-15-9-8(10(19)16-11)14-4-17(9)7-1-6(18)5-2-21-3-12(5,7)20/h4-7,18,20H,1-3H2,(H3,13,15,16,19)/t5?,6?,7?,12-/m0/s1. The van der Waals surface area contributed by atoms with E-state index in [1.807, 2.05) is 0 Å². The molecule has 2 fully saturated rings. The van der Waals surface area contributed by atoms with Crippen LogP contribution in [0.5, 0.6) is 0 Å². The van der Waals surface area contributed by atoms with Gasteiger partial charge >= 0.3 is 0 Å². The van der Waals surface area contributed by atoms with Crippen LogP contribution in [0.2, 0.25) is 0 Å². The first kappa shape index (κ1) is 12.7. The zero-order valence-electron chi connectivity index (χ0n) is 11.1. The van der Waals surface area contributed by atoms with Gasteiger partial charge in [0.25, 0.3) is 5.56 Å². The van der Waals surface area contributed by atoms with E-state index in [9.17, 15) is 15.0 Å². The van der Waals surface area contributed by atoms with Crippen molar-refractivity contribution in [2.24, 2.45) is 5.92 Å². The van der Waals surface area contributed by atoms with Crippen LogP contribution in [0.15, 0.2) is 11.1 Å². The first-order valence-corrected chi connectivity index (χ1v) is 6.71. The molecular formula is C12H15N5O4. The number of nitrogens with zero attached hydrogens (tertiary/aromatic N) is 3. The zero-order chi connectivity index (χ0) is 14.8. The molecule has 0 spiro atoms. The third kappa shape index (κ3) is 1.59. The van der Waals surface area contributed by atoms with E-state index in [1.54, 1.807) is 4.57 Å². The Labute approximate surface area is 118 Å². The van der Waals surface area contributed by atoms with Crippen molar-refractivity contribution < 1.29 is 14.9 Å². The smallest absolute Gasteiger partial charge is 0.280 e. The Hall–Kier alpha value is -1.97. The van der Waals surface area contributed by atoms with E-state index in [0.717, 1.165) is 0 Å². The van der Waals surface area contributed by atoms with Gasteiger partial charge in [0.1, 0.15) is 5.60 Å². The van der Waals surface area contributed by atoms with Crippen LogP contribution in [0.1, 0.15) is 12.5 Å². The van der Waals surface area contributed by atoms with Gasteiger partial charge in [-0.05, 0) is 6.42 Å². The Morgan fingerprint density at radius 3 is 3.19 bits per heavy atom. The lowest BCUT2D eigenvalue weighted by molar-refractivity contribution is -0.0250. The minimum atomic E-state index is -1.19. The van der Waals surface area contributed by atoms with Crippen molar-refractivity contribution in [2.75, 3.05) is 18.9 Å². The van der Waals surface area contributed by atoms with Gasteiger partial charge in [0, 0.05) is 5.92 Å². The fraction of sp³-hybridized carbons (Fsp3) is 0.583. The third-order valence-electron chi connectivity index (χ3n) is 4.57. The number of rotatable bonds is 1. The van der Waals surface area contributed by atoms with Gasteiger partial charge in [-0.3, -0.25) is 9.78 Å². The van der Waals surface area contributed by atoms with E-state index in [0.29, 0.717) is 18.7 Å². The molecule has 1 saturated carbocycles. The molecule has 0 aromatic carbocycles. The SMILES string of the molecule is Nc1nc2c(ncn2C2CC(O)C3COC[C@]32O)c(=O)[nH]1. The van der Waals surface area contributed by atoms with Crippen molar-refractivity contribution >= 4 is 17.1 Å². The van der Waals surface area contributed by atoms with Crippen LogP contribution < -0.4 is 11.3 Å². The summed E-state index contributed by atoms with van der Waals surface area (Å²) >= 11 is 0. The quantitative estimate of drug-likeness (QED) is 0.495. The number of aliphatic hydroxyl groups excluding tert-OH is 1. The summed E-state index contributed by atoms with van der Waals surface area (Å²) in [4.78, 5) is 22.3. The molecule has 21 heavy (non-hydrogen) atoms. The summed E-state index contributed by atoms with van der Waals surface area (Å²) in [6.07, 6.45) is 1.13. The van der Waals surface area contributed by atoms with Gasteiger partial charge in [0.05, 0.1) is 31.7 Å². The van der Waals surface area contributed by atoms with Gasteiger partial charge in [-0.2, -0.15) is 4.98 Å². The highest BCUT2D eigenvalue weighted by molar-refractivity contribution is 5.70. The first-order chi connectivity index (χ1) is 10.0. The molecular weight excluding hydrogens is 278 g/mol. The predicted molar refractivity (Wildman–Crippen MR) is 71.5 cm³/mol. The van der Waals surface area contributed by atoms with E-state index < -0.39 is 23.3 Å². The highest BCUT2D eigenvalue weighted by Crippen LogP contribution is 2.48. The second-order valence-corrected chi connectivity index (χ2v) is 5.71. The number of aromatic nitrogens is 4. The third-order valence-corrected chi connectivity index (χ3v) is 4.57. The number of anilines is 1. The van der Waals surface area contributed by atoms with Crippen LogP contribution in [0.4, 0.5) is 5.95 Å². The Morgan fingerprint density at radius 1 is 1.57 bits per heavy atom. The van der Waals surface area contributed by atoms with Crippen LogP contribution >= 0.6 is 0 Å². The molecule has 4 rings (SSSR count). The number of imidazole rings is 1. The largest absolute Gasteiger partial charge is 0.393 e. The molecule has 2 aromatic rings. The van der Waals surface area contributed by atoms with Gasteiger partial charge in [-0.15, -0.1) is 0 Å². The first-order valence-electron chi connectivity index (χ1n) is 6.71. The maximum atomic E-state index is 11.8. The summed E-state index contributed by atoms with van der Waals surface area (Å²) in [6, 6.07) is -0.460. The molecule has 3 unspecified atom stereocenters. The Bertz CT molecular complexity index is 771. The van der Waals surface area contributed by atoms with Crippen LogP contribution in [-0.4, -0.2) is 54.7 Å². The monoisotopic (exact) mass is 293 g/mol. The molecule has 2 aromatic heterocycles. The molecule has 9 nitrogen and oxygen atoms in total. The Kier molecular flexibility index (Phi) is 2.44. The maximum absolute atomic E-state index is 11.8. The minimum absolute atomic E-state index is 0.0148. The molecule has 9 heteroatoms. The van der Waals surface area contributed by atoms with Gasteiger partial charge in [-0.1, -0.05) is 0 Å². The number of H-pyrrole nitrogens is 1. The van der Waals surface area contributed by atoms with Crippen molar-refractivity contribution in [1.29, 1.82) is 0 Å². The molecule has 0 radical (unpaired) electrons. The van der Waals surface area contributed by atoms with Crippen LogP contribution in [0, 0.1) is 5.92 Å². The van der Waals surface area contributed by atoms with Crippen molar-refractivity contribution in [2.45, 2.75) is 24.2 Å². The molecule has 1 aliphatic heterocycles. The number of fused-ring (bicyclic) bond motifs is 2. The van der Waals surface area contributed by atoms with E-state index >= 15 is 0 Å². The lowest BCUT2D eigenvalue weighted by atomic mass is 9.91. The van der Waals surface area contributed by atoms with Crippen LogP contribution in [-0.2, 0) is 4.74 Å². The highest BCUT2D eigenvalue weighted by Gasteiger charge is 2.58. The average molecular weight is 293 g/mol. The minimum Gasteiger partial charge on any atom is -0.393 e. The van der Waals surface area contributed by atoms with Crippen molar-refractivity contribution in [1.82, 2.24) is 19.5 Å². The van der Waals surface area contributed by atoms with E-state index in [-0.39, 0.29) is 24.0 Å². The van der Waals surface area contributed by atoms with E-state index in [4.69, 9.17) is 10.5 Å². The molecule has 1 saturated heterocycles. The number of ether oxygens (including phenoxy) is 1. The molecule has 4 atom stereocenters. The summed E-state index contributed by atoms with van der Waals surface area (Å²) in [5.41, 5.74) is 4.41. The Morgan fingerprint density at radius 2 is 2.38 bits per heavy atom. The molecule has 5 N–H and O–H groups in total. The number of nitrogens with two attached hydrogens (primary N) is 1. The summed E-state index contributed by atoms with van der Waals surface area (Å²) in [5, 5.41) is 21.0. The zero-order valence-corrected chi connectivity index (χ0v) is 11.1. The molecule has 3 heterocycles. The number of nitrogen functional groups attached to an aromatic ring is 1. The second-order valence-electron chi connectivity index (χ2n) is 5.71. The van der Waals surface area contributed by atoms with Gasteiger partial charge < -0.3 is 25.3 Å². The summed E-state index contributed by atoms with van der Waals surface area (Å²) < 4.78 is 6.93. The van der Waals surface area contributed by atoms with E-state index in [1.165, 1.54) is 6.33 Å². The molecule has 112 valence electrons.